The summed E-state index contributed by atoms with van der Waals surface area (Å²) in [4.78, 5) is 28.9. The molecule has 3 rings (SSSR count). The van der Waals surface area contributed by atoms with E-state index >= 15 is 0 Å². The molecule has 2 N–H and O–H groups in total. The molecular weight excluding hydrogens is 404 g/mol. The minimum absolute atomic E-state index is 0.0117. The highest BCUT2D eigenvalue weighted by Crippen LogP contribution is 2.17. The van der Waals surface area contributed by atoms with Crippen LogP contribution < -0.4 is 15.6 Å². The number of carbonyl (C=O) groups is 1. The van der Waals surface area contributed by atoms with E-state index in [1.165, 1.54) is 16.8 Å². The highest BCUT2D eigenvalue weighted by atomic mass is 32.2. The van der Waals surface area contributed by atoms with Crippen LogP contribution in [0.15, 0.2) is 64.4 Å². The van der Waals surface area contributed by atoms with Gasteiger partial charge in [-0.3, -0.25) is 14.2 Å². The molecule has 9 heteroatoms. The Morgan fingerprint density at radius 3 is 2.47 bits per heavy atom. The first-order chi connectivity index (χ1) is 14.1. The molecule has 2 aromatic carbocycles. The van der Waals surface area contributed by atoms with Crippen molar-refractivity contribution in [2.24, 2.45) is 0 Å². The number of sulfonamides is 1. The predicted molar refractivity (Wildman–Crippen MR) is 114 cm³/mol. The molecule has 0 spiro atoms. The standard InChI is InChI=1S/C21H24N4O4S/c1-21(2,3)24-30(28,29)18-11-7-4-8-15(18)12-23-19(26)14-25-17-10-6-5-9-16(17)22-13-20(25)27/h4-11,13,24H,12,14H2,1-3H3,(H,23,26). The van der Waals surface area contributed by atoms with Gasteiger partial charge in [-0.1, -0.05) is 30.3 Å². The van der Waals surface area contributed by atoms with E-state index in [4.69, 9.17) is 0 Å². The zero-order chi connectivity index (χ0) is 21.9. The van der Waals surface area contributed by atoms with Crippen LogP contribution in [0.1, 0.15) is 26.3 Å². The minimum Gasteiger partial charge on any atom is -0.350 e. The fraction of sp³-hybridized carbons (Fsp3) is 0.286. The Morgan fingerprint density at radius 1 is 1.07 bits per heavy atom. The molecule has 3 aromatic rings. The first kappa shape index (κ1) is 21.7. The summed E-state index contributed by atoms with van der Waals surface area (Å²) in [6.07, 6.45) is 1.18. The fourth-order valence-electron chi connectivity index (χ4n) is 3.04. The third-order valence-corrected chi connectivity index (χ3v) is 6.09. The average Bonchev–Trinajstić information content (AvgIpc) is 2.67. The number of rotatable bonds is 6. The number of hydrogen-bond acceptors (Lipinski definition) is 5. The van der Waals surface area contributed by atoms with Gasteiger partial charge in [0.1, 0.15) is 6.54 Å². The number of nitrogens with zero attached hydrogens (tertiary/aromatic N) is 2. The summed E-state index contributed by atoms with van der Waals surface area (Å²) in [6, 6.07) is 13.5. The predicted octanol–water partition coefficient (Wildman–Crippen LogP) is 1.79. The highest BCUT2D eigenvalue weighted by molar-refractivity contribution is 7.89. The number of benzene rings is 2. The Morgan fingerprint density at radius 2 is 1.73 bits per heavy atom. The lowest BCUT2D eigenvalue weighted by molar-refractivity contribution is -0.121. The van der Waals surface area contributed by atoms with Gasteiger partial charge in [-0.15, -0.1) is 0 Å². The molecule has 0 aliphatic heterocycles. The van der Waals surface area contributed by atoms with Gasteiger partial charge in [-0.2, -0.15) is 0 Å². The number of carbonyl (C=O) groups excluding carboxylic acids is 1. The van der Waals surface area contributed by atoms with Crippen LogP contribution in [0, 0.1) is 0 Å². The zero-order valence-corrected chi connectivity index (χ0v) is 17.9. The van der Waals surface area contributed by atoms with E-state index in [1.54, 1.807) is 63.2 Å². The van der Waals surface area contributed by atoms with Crippen molar-refractivity contribution < 1.29 is 13.2 Å². The lowest BCUT2D eigenvalue weighted by atomic mass is 10.1. The summed E-state index contributed by atoms with van der Waals surface area (Å²) in [6.45, 7) is 5.08. The maximum atomic E-state index is 12.7. The lowest BCUT2D eigenvalue weighted by Crippen LogP contribution is -2.41. The fourth-order valence-corrected chi connectivity index (χ4v) is 4.70. The SMILES string of the molecule is CC(C)(C)NS(=O)(=O)c1ccccc1CNC(=O)Cn1c(=O)cnc2ccccc21. The summed E-state index contributed by atoms with van der Waals surface area (Å²) < 4.78 is 29.4. The Labute approximate surface area is 175 Å². The molecule has 0 saturated heterocycles. The molecule has 1 aromatic heterocycles. The topological polar surface area (TPSA) is 110 Å². The van der Waals surface area contributed by atoms with E-state index in [0.717, 1.165) is 0 Å². The van der Waals surface area contributed by atoms with Gasteiger partial charge in [-0.05, 0) is 44.5 Å². The van der Waals surface area contributed by atoms with Crippen LogP contribution in [0.2, 0.25) is 0 Å². The van der Waals surface area contributed by atoms with Crippen molar-refractivity contribution in [2.75, 3.05) is 0 Å². The van der Waals surface area contributed by atoms with Gasteiger partial charge >= 0.3 is 0 Å². The van der Waals surface area contributed by atoms with Crippen molar-refractivity contribution in [3.05, 3.63) is 70.6 Å². The van der Waals surface area contributed by atoms with Crippen LogP contribution in [0.5, 0.6) is 0 Å². The van der Waals surface area contributed by atoms with Crippen molar-refractivity contribution in [3.63, 3.8) is 0 Å². The summed E-state index contributed by atoms with van der Waals surface area (Å²) in [7, 11) is -3.76. The smallest absolute Gasteiger partial charge is 0.269 e. The second-order valence-corrected chi connectivity index (χ2v) is 9.56. The lowest BCUT2D eigenvalue weighted by Gasteiger charge is -2.21. The second kappa shape index (κ2) is 8.37. The number of hydrogen-bond donors (Lipinski definition) is 2. The zero-order valence-electron chi connectivity index (χ0n) is 17.0. The van der Waals surface area contributed by atoms with E-state index in [9.17, 15) is 18.0 Å². The first-order valence-corrected chi connectivity index (χ1v) is 10.9. The molecule has 0 unspecified atom stereocenters. The summed E-state index contributed by atoms with van der Waals surface area (Å²) in [5.74, 6) is -0.413. The molecule has 0 atom stereocenters. The molecule has 0 saturated carbocycles. The van der Waals surface area contributed by atoms with Crippen molar-refractivity contribution in [3.8, 4) is 0 Å². The molecule has 0 fully saturated rings. The van der Waals surface area contributed by atoms with E-state index < -0.39 is 21.5 Å². The number of nitrogens with one attached hydrogen (secondary N) is 2. The molecule has 158 valence electrons. The van der Waals surface area contributed by atoms with Crippen LogP contribution in [0.25, 0.3) is 11.0 Å². The molecule has 1 amide bonds. The van der Waals surface area contributed by atoms with Gasteiger partial charge in [-0.25, -0.2) is 18.1 Å². The van der Waals surface area contributed by atoms with Crippen LogP contribution in [-0.2, 0) is 27.9 Å². The molecular formula is C21H24N4O4S. The average molecular weight is 429 g/mol. The molecule has 1 heterocycles. The summed E-state index contributed by atoms with van der Waals surface area (Å²) >= 11 is 0. The Kier molecular flexibility index (Phi) is 6.04. The maximum absolute atomic E-state index is 12.7. The molecule has 30 heavy (non-hydrogen) atoms. The highest BCUT2D eigenvalue weighted by Gasteiger charge is 2.24. The van der Waals surface area contributed by atoms with Crippen LogP contribution >= 0.6 is 0 Å². The summed E-state index contributed by atoms with van der Waals surface area (Å²) in [5, 5.41) is 2.70. The largest absolute Gasteiger partial charge is 0.350 e. The molecule has 8 nitrogen and oxygen atoms in total. The molecule has 0 bridgehead atoms. The quantitative estimate of drug-likeness (QED) is 0.622. The first-order valence-electron chi connectivity index (χ1n) is 9.40. The van der Waals surface area contributed by atoms with Gasteiger partial charge in [0.2, 0.25) is 15.9 Å². The van der Waals surface area contributed by atoms with Gasteiger partial charge < -0.3 is 5.32 Å². The van der Waals surface area contributed by atoms with Crippen LogP contribution in [0.4, 0.5) is 0 Å². The number of amides is 1. The molecule has 0 aliphatic carbocycles. The molecule has 0 aliphatic rings. The van der Waals surface area contributed by atoms with Gasteiger partial charge in [0, 0.05) is 12.1 Å². The normalized spacial score (nSPS) is 12.1. The molecule has 0 radical (unpaired) electrons. The van der Waals surface area contributed by atoms with E-state index in [1.807, 2.05) is 0 Å². The second-order valence-electron chi connectivity index (χ2n) is 7.91. The van der Waals surface area contributed by atoms with Gasteiger partial charge in [0.25, 0.3) is 5.56 Å². The van der Waals surface area contributed by atoms with E-state index in [0.29, 0.717) is 16.6 Å². The third kappa shape index (κ3) is 5.11. The van der Waals surface area contributed by atoms with Crippen molar-refractivity contribution in [1.29, 1.82) is 0 Å². The Balaban J connectivity index is 1.79. The Hall–Kier alpha value is -3.04. The van der Waals surface area contributed by atoms with E-state index in [-0.39, 0.29) is 23.5 Å². The maximum Gasteiger partial charge on any atom is 0.269 e. The number of fused-ring (bicyclic) bond motifs is 1. The Bertz CT molecular complexity index is 1240. The van der Waals surface area contributed by atoms with Crippen LogP contribution in [-0.4, -0.2) is 29.4 Å². The monoisotopic (exact) mass is 428 g/mol. The number of para-hydroxylation sites is 2. The summed E-state index contributed by atoms with van der Waals surface area (Å²) in [5.41, 5.74) is 0.585. The van der Waals surface area contributed by atoms with Crippen molar-refractivity contribution in [2.45, 2.75) is 44.3 Å². The van der Waals surface area contributed by atoms with Crippen molar-refractivity contribution in [1.82, 2.24) is 19.6 Å². The van der Waals surface area contributed by atoms with Crippen molar-refractivity contribution >= 4 is 27.0 Å². The van der Waals surface area contributed by atoms with E-state index in [2.05, 4.69) is 15.0 Å². The minimum atomic E-state index is -3.76. The van der Waals surface area contributed by atoms with Crippen LogP contribution in [0.3, 0.4) is 0 Å². The van der Waals surface area contributed by atoms with Gasteiger partial charge in [0.15, 0.2) is 0 Å². The third-order valence-electron chi connectivity index (χ3n) is 4.23. The number of aromatic nitrogens is 2. The van der Waals surface area contributed by atoms with Gasteiger partial charge in [0.05, 0.1) is 22.1 Å².